The zero-order valence-electron chi connectivity index (χ0n) is 15.9. The molecule has 1 fully saturated rings. The molecule has 0 bridgehead atoms. The Labute approximate surface area is 163 Å². The van der Waals surface area contributed by atoms with Crippen molar-refractivity contribution >= 4 is 17.6 Å². The lowest BCUT2D eigenvalue weighted by Crippen LogP contribution is -2.40. The molecule has 7 heteroatoms. The van der Waals surface area contributed by atoms with E-state index in [9.17, 15) is 9.50 Å². The summed E-state index contributed by atoms with van der Waals surface area (Å²) in [4.78, 5) is 3.96. The second kappa shape index (κ2) is 7.09. The van der Waals surface area contributed by atoms with Crippen LogP contribution in [0.3, 0.4) is 0 Å². The van der Waals surface area contributed by atoms with Crippen molar-refractivity contribution in [2.24, 2.45) is 5.41 Å². The van der Waals surface area contributed by atoms with Crippen LogP contribution in [0.1, 0.15) is 44.4 Å². The summed E-state index contributed by atoms with van der Waals surface area (Å²) < 4.78 is 14.2. The molecular weight excluding hydrogens is 363 g/mol. The second-order valence-corrected chi connectivity index (χ2v) is 9.85. The third-order valence-corrected chi connectivity index (χ3v) is 6.74. The first-order valence-electron chi connectivity index (χ1n) is 9.62. The van der Waals surface area contributed by atoms with Gasteiger partial charge in [0.05, 0.1) is 11.3 Å². The van der Waals surface area contributed by atoms with Crippen LogP contribution in [0.15, 0.2) is 12.1 Å². The fraction of sp³-hybridized carbons (Fsp3) is 0.600. The van der Waals surface area contributed by atoms with Crippen molar-refractivity contribution in [1.82, 2.24) is 15.2 Å². The number of aliphatic hydroxyl groups is 1. The van der Waals surface area contributed by atoms with Gasteiger partial charge in [-0.1, -0.05) is 13.8 Å². The van der Waals surface area contributed by atoms with Crippen molar-refractivity contribution in [3.05, 3.63) is 29.3 Å². The molecule has 3 heterocycles. The number of aromatic amines is 1. The predicted molar refractivity (Wildman–Crippen MR) is 108 cm³/mol. The maximum atomic E-state index is 14.2. The van der Waals surface area contributed by atoms with Gasteiger partial charge < -0.3 is 10.4 Å². The van der Waals surface area contributed by atoms with E-state index >= 15 is 0 Å². The number of rotatable bonds is 4. The largest absolute Gasteiger partial charge is 0.388 e. The van der Waals surface area contributed by atoms with Crippen molar-refractivity contribution in [2.75, 3.05) is 23.4 Å². The normalized spacial score (nSPS) is 20.9. The van der Waals surface area contributed by atoms with Gasteiger partial charge in [-0.25, -0.2) is 4.98 Å². The second-order valence-electron chi connectivity index (χ2n) is 8.62. The number of fused-ring (bicyclic) bond motifs is 1. The molecule has 0 spiro atoms. The Morgan fingerprint density at radius 1 is 1.26 bits per heavy atom. The highest BCUT2D eigenvalue weighted by Crippen LogP contribution is 2.38. The van der Waals surface area contributed by atoms with Gasteiger partial charge in [0.25, 0.3) is 0 Å². The van der Waals surface area contributed by atoms with Crippen LogP contribution in [0.5, 0.6) is 0 Å². The van der Waals surface area contributed by atoms with Crippen LogP contribution in [-0.2, 0) is 12.8 Å². The van der Waals surface area contributed by atoms with Gasteiger partial charge in [0.1, 0.15) is 5.82 Å². The van der Waals surface area contributed by atoms with E-state index in [2.05, 4.69) is 34.3 Å². The summed E-state index contributed by atoms with van der Waals surface area (Å²) in [6.07, 6.45) is 4.48. The molecule has 2 aromatic rings. The van der Waals surface area contributed by atoms with Gasteiger partial charge in [0.15, 0.2) is 0 Å². The zero-order chi connectivity index (χ0) is 19.1. The average Bonchev–Trinajstić information content (AvgIpc) is 3.02. The monoisotopic (exact) mass is 390 g/mol. The van der Waals surface area contributed by atoms with Gasteiger partial charge in [-0.2, -0.15) is 21.3 Å². The number of anilines is 1. The highest BCUT2D eigenvalue weighted by atomic mass is 32.2. The summed E-state index contributed by atoms with van der Waals surface area (Å²) in [5.74, 6) is 1.82. The smallest absolute Gasteiger partial charge is 0.215 e. The third kappa shape index (κ3) is 4.14. The molecule has 1 saturated heterocycles. The Kier molecular flexibility index (Phi) is 4.93. The molecule has 0 aromatic carbocycles. The fourth-order valence-corrected chi connectivity index (χ4v) is 5.25. The number of thioether (sulfide) groups is 1. The molecule has 146 valence electrons. The Morgan fingerprint density at radius 2 is 2.04 bits per heavy atom. The van der Waals surface area contributed by atoms with Crippen LogP contribution >= 0.6 is 11.8 Å². The molecule has 0 unspecified atom stereocenters. The van der Waals surface area contributed by atoms with Crippen LogP contribution < -0.4 is 5.32 Å². The Bertz CT molecular complexity index is 829. The molecule has 0 saturated carbocycles. The lowest BCUT2D eigenvalue weighted by molar-refractivity contribution is 0.0453. The van der Waals surface area contributed by atoms with E-state index in [1.807, 2.05) is 17.8 Å². The molecule has 27 heavy (non-hydrogen) atoms. The number of halogens is 1. The molecule has 0 radical (unpaired) electrons. The number of H-pyrrole nitrogens is 1. The molecule has 0 amide bonds. The Hall–Kier alpha value is -1.60. The molecule has 5 nitrogen and oxygen atoms in total. The van der Waals surface area contributed by atoms with E-state index in [4.69, 9.17) is 0 Å². The summed E-state index contributed by atoms with van der Waals surface area (Å²) >= 11 is 1.86. The first-order chi connectivity index (χ1) is 12.8. The highest BCUT2D eigenvalue weighted by molar-refractivity contribution is 7.99. The third-order valence-electron chi connectivity index (χ3n) is 5.75. The summed E-state index contributed by atoms with van der Waals surface area (Å²) in [6, 6.07) is 3.27. The summed E-state index contributed by atoms with van der Waals surface area (Å²) in [6.45, 7) is 4.91. The molecule has 1 aliphatic carbocycles. The first-order valence-corrected chi connectivity index (χ1v) is 10.8. The van der Waals surface area contributed by atoms with Gasteiger partial charge in [0.2, 0.25) is 5.95 Å². The SMILES string of the molecule is CC1(C)CCc2c(-c3cc(F)nc(NCC4(O)CCSCC4)c3)n[nH]c2C1. The van der Waals surface area contributed by atoms with Crippen LogP contribution in [0.4, 0.5) is 10.2 Å². The lowest BCUT2D eigenvalue weighted by Gasteiger charge is -2.32. The average molecular weight is 391 g/mol. The predicted octanol–water partition coefficient (Wildman–Crippen LogP) is 3.80. The molecule has 4 rings (SSSR count). The molecular formula is C20H27FN4OS. The minimum atomic E-state index is -0.740. The lowest BCUT2D eigenvalue weighted by atomic mass is 9.76. The molecule has 3 N–H and O–H groups in total. The van der Waals surface area contributed by atoms with Crippen LogP contribution in [0.2, 0.25) is 0 Å². The van der Waals surface area contributed by atoms with Crippen molar-refractivity contribution in [1.29, 1.82) is 0 Å². The number of hydrogen-bond acceptors (Lipinski definition) is 5. The van der Waals surface area contributed by atoms with E-state index in [1.54, 1.807) is 0 Å². The quantitative estimate of drug-likeness (QED) is 0.693. The molecule has 0 atom stereocenters. The van der Waals surface area contributed by atoms with Crippen LogP contribution in [-0.4, -0.2) is 43.9 Å². The molecule has 2 aromatic heterocycles. The topological polar surface area (TPSA) is 73.8 Å². The minimum Gasteiger partial charge on any atom is -0.388 e. The number of hydrogen-bond donors (Lipinski definition) is 3. The summed E-state index contributed by atoms with van der Waals surface area (Å²) in [5.41, 5.74) is 3.42. The number of pyridine rings is 1. The van der Waals surface area contributed by atoms with E-state index in [1.165, 1.54) is 11.6 Å². The highest BCUT2D eigenvalue weighted by Gasteiger charge is 2.30. The van der Waals surface area contributed by atoms with E-state index < -0.39 is 11.5 Å². The number of nitrogens with one attached hydrogen (secondary N) is 2. The van der Waals surface area contributed by atoms with Crippen molar-refractivity contribution in [3.8, 4) is 11.3 Å². The van der Waals surface area contributed by atoms with Crippen molar-refractivity contribution < 1.29 is 9.50 Å². The van der Waals surface area contributed by atoms with Gasteiger partial charge in [-0.3, -0.25) is 5.10 Å². The standard InChI is InChI=1S/C20H27FN4OS/c1-19(2)4-3-14-15(11-19)24-25-18(14)13-9-16(21)23-17(10-13)22-12-20(26)5-7-27-8-6-20/h9-10,26H,3-8,11-12H2,1-2H3,(H,22,23)(H,24,25). The maximum Gasteiger partial charge on any atom is 0.215 e. The summed E-state index contributed by atoms with van der Waals surface area (Å²) in [5, 5.41) is 21.4. The summed E-state index contributed by atoms with van der Waals surface area (Å²) in [7, 11) is 0. The number of aromatic nitrogens is 3. The van der Waals surface area contributed by atoms with E-state index in [0.29, 0.717) is 12.4 Å². The minimum absolute atomic E-state index is 0.265. The zero-order valence-corrected chi connectivity index (χ0v) is 16.8. The maximum absolute atomic E-state index is 14.2. The van der Waals surface area contributed by atoms with Crippen molar-refractivity contribution in [3.63, 3.8) is 0 Å². The Balaban J connectivity index is 1.56. The van der Waals surface area contributed by atoms with Gasteiger partial charge in [-0.15, -0.1) is 0 Å². The van der Waals surface area contributed by atoms with E-state index in [-0.39, 0.29) is 5.41 Å². The van der Waals surface area contributed by atoms with Gasteiger partial charge in [0, 0.05) is 29.4 Å². The number of nitrogens with zero attached hydrogens (tertiary/aromatic N) is 2. The van der Waals surface area contributed by atoms with Crippen molar-refractivity contribution in [2.45, 2.75) is 51.6 Å². The Morgan fingerprint density at radius 3 is 2.81 bits per heavy atom. The van der Waals surface area contributed by atoms with Crippen LogP contribution in [0.25, 0.3) is 11.3 Å². The van der Waals surface area contributed by atoms with E-state index in [0.717, 1.165) is 60.6 Å². The first kappa shape index (κ1) is 18.7. The van der Waals surface area contributed by atoms with Gasteiger partial charge >= 0.3 is 0 Å². The fourth-order valence-electron chi connectivity index (χ4n) is 3.99. The van der Waals surface area contributed by atoms with Crippen LogP contribution in [0, 0.1) is 11.4 Å². The van der Waals surface area contributed by atoms with Gasteiger partial charge in [-0.05, 0) is 55.1 Å². The molecule has 1 aliphatic heterocycles. The molecule has 2 aliphatic rings.